The van der Waals surface area contributed by atoms with Gasteiger partial charge in [-0.1, -0.05) is 135 Å². The average molecular weight is 547 g/mol. The Morgan fingerprint density at radius 3 is 1.36 bits per heavy atom. The van der Waals surface area contributed by atoms with Crippen LogP contribution in [-0.4, -0.2) is 6.54 Å². The van der Waals surface area contributed by atoms with Crippen LogP contribution in [0.5, 0.6) is 0 Å². The van der Waals surface area contributed by atoms with Gasteiger partial charge in [-0.3, -0.25) is 0 Å². The first-order valence-electron chi connectivity index (χ1n) is 14.8. The zero-order valence-electron chi connectivity index (χ0n) is 24.2. The highest BCUT2D eigenvalue weighted by atomic mass is 15.1. The number of unbranched alkanes of at least 4 members (excludes halogenated alkanes) is 1. The van der Waals surface area contributed by atoms with E-state index in [0.29, 0.717) is 0 Å². The Morgan fingerprint density at radius 2 is 0.881 bits per heavy atom. The molecule has 5 aromatic rings. The van der Waals surface area contributed by atoms with Crippen molar-refractivity contribution in [1.82, 2.24) is 0 Å². The summed E-state index contributed by atoms with van der Waals surface area (Å²) in [4.78, 5) is 2.31. The molecular weight excluding hydrogens is 508 g/mol. The Balaban J connectivity index is 1.37. The molecule has 208 valence electrons. The number of benzene rings is 5. The zero-order chi connectivity index (χ0) is 28.8. The van der Waals surface area contributed by atoms with Gasteiger partial charge in [0.05, 0.1) is 0 Å². The van der Waals surface area contributed by atoms with Crippen LogP contribution in [0.25, 0.3) is 24.3 Å². The van der Waals surface area contributed by atoms with Gasteiger partial charge in [-0.2, -0.15) is 0 Å². The molecule has 0 saturated carbocycles. The minimum absolute atomic E-state index is 0.993. The summed E-state index contributed by atoms with van der Waals surface area (Å²) in [5.74, 6) is 0. The standard InChI is InChI=1S/C40H38N2/c1-2-3-32-41-37-24-30-40(31-25-37)42(39-28-22-36(23-29-39)19-18-34-14-8-5-9-15-34)38-26-20-35(21-27-38)17-11-10-16-33-12-6-4-7-13-33/h4-31,41H,2-3,32H2,1H3/b16-10+,17-11+,19-18+. The molecule has 0 aliphatic heterocycles. The fraction of sp³-hybridized carbons (Fsp3) is 0.100. The minimum atomic E-state index is 0.993. The number of rotatable bonds is 12. The van der Waals surface area contributed by atoms with Crippen molar-refractivity contribution >= 4 is 47.1 Å². The van der Waals surface area contributed by atoms with Gasteiger partial charge in [0.15, 0.2) is 0 Å². The fourth-order valence-electron chi connectivity index (χ4n) is 4.71. The van der Waals surface area contributed by atoms with Gasteiger partial charge in [0.25, 0.3) is 0 Å². The molecule has 0 aliphatic carbocycles. The fourth-order valence-corrected chi connectivity index (χ4v) is 4.71. The highest BCUT2D eigenvalue weighted by molar-refractivity contribution is 5.79. The van der Waals surface area contributed by atoms with Crippen LogP contribution in [0.3, 0.4) is 0 Å². The molecule has 0 aromatic heterocycles. The molecule has 0 unspecified atom stereocenters. The number of anilines is 4. The monoisotopic (exact) mass is 546 g/mol. The van der Waals surface area contributed by atoms with Crippen molar-refractivity contribution in [3.8, 4) is 0 Å². The van der Waals surface area contributed by atoms with E-state index in [1.807, 2.05) is 12.1 Å². The molecule has 2 heteroatoms. The second-order valence-corrected chi connectivity index (χ2v) is 10.2. The van der Waals surface area contributed by atoms with Gasteiger partial charge >= 0.3 is 0 Å². The molecule has 0 radical (unpaired) electrons. The van der Waals surface area contributed by atoms with Crippen LogP contribution in [0.4, 0.5) is 22.7 Å². The predicted octanol–water partition coefficient (Wildman–Crippen LogP) is 11.3. The number of nitrogens with zero attached hydrogens (tertiary/aromatic N) is 1. The summed E-state index contributed by atoms with van der Waals surface area (Å²) in [5.41, 5.74) is 9.23. The molecule has 0 spiro atoms. The lowest BCUT2D eigenvalue weighted by molar-refractivity contribution is 0.834. The maximum atomic E-state index is 3.53. The molecule has 5 aromatic carbocycles. The third-order valence-corrected chi connectivity index (χ3v) is 7.04. The van der Waals surface area contributed by atoms with E-state index < -0.39 is 0 Å². The molecule has 42 heavy (non-hydrogen) atoms. The average Bonchev–Trinajstić information content (AvgIpc) is 3.05. The lowest BCUT2D eigenvalue weighted by Crippen LogP contribution is -2.10. The van der Waals surface area contributed by atoms with Gasteiger partial charge in [0, 0.05) is 29.3 Å². The summed E-state index contributed by atoms with van der Waals surface area (Å²) in [5, 5.41) is 3.53. The summed E-state index contributed by atoms with van der Waals surface area (Å²) in [6, 6.07) is 47.0. The first-order valence-corrected chi connectivity index (χ1v) is 14.8. The molecule has 0 heterocycles. The SMILES string of the molecule is CCCCNc1ccc(N(c2ccc(/C=C/C=C/c3ccccc3)cc2)c2ccc(/C=C/c3ccccc3)cc2)cc1. The van der Waals surface area contributed by atoms with Crippen LogP contribution >= 0.6 is 0 Å². The van der Waals surface area contributed by atoms with E-state index in [0.717, 1.165) is 34.9 Å². The van der Waals surface area contributed by atoms with Crippen molar-refractivity contribution in [2.75, 3.05) is 16.8 Å². The van der Waals surface area contributed by atoms with Gasteiger partial charge in [0.1, 0.15) is 0 Å². The van der Waals surface area contributed by atoms with Crippen molar-refractivity contribution < 1.29 is 0 Å². The largest absolute Gasteiger partial charge is 0.385 e. The van der Waals surface area contributed by atoms with Crippen molar-refractivity contribution in [2.45, 2.75) is 19.8 Å². The maximum Gasteiger partial charge on any atom is 0.0463 e. The predicted molar refractivity (Wildman–Crippen MR) is 184 cm³/mol. The third-order valence-electron chi connectivity index (χ3n) is 7.04. The number of hydrogen-bond donors (Lipinski definition) is 1. The van der Waals surface area contributed by atoms with Crippen molar-refractivity contribution in [3.63, 3.8) is 0 Å². The summed E-state index contributed by atoms with van der Waals surface area (Å²) in [6.45, 7) is 3.21. The molecule has 0 amide bonds. The van der Waals surface area contributed by atoms with Crippen LogP contribution in [0.2, 0.25) is 0 Å². The quantitative estimate of drug-likeness (QED) is 0.0951. The Labute approximate surface area is 251 Å². The lowest BCUT2D eigenvalue weighted by atomic mass is 10.1. The molecule has 5 rings (SSSR count). The second kappa shape index (κ2) is 15.1. The molecule has 0 aliphatic rings. The van der Waals surface area contributed by atoms with E-state index in [1.54, 1.807) is 0 Å². The van der Waals surface area contributed by atoms with Crippen LogP contribution in [-0.2, 0) is 0 Å². The zero-order valence-corrected chi connectivity index (χ0v) is 24.2. The topological polar surface area (TPSA) is 15.3 Å². The van der Waals surface area contributed by atoms with Crippen LogP contribution < -0.4 is 10.2 Å². The summed E-state index contributed by atoms with van der Waals surface area (Å²) < 4.78 is 0. The normalized spacial score (nSPS) is 11.5. The van der Waals surface area contributed by atoms with Gasteiger partial charge in [-0.05, 0) is 77.2 Å². The smallest absolute Gasteiger partial charge is 0.0463 e. The lowest BCUT2D eigenvalue weighted by Gasteiger charge is -2.26. The van der Waals surface area contributed by atoms with E-state index in [9.17, 15) is 0 Å². The maximum absolute atomic E-state index is 3.53. The van der Waals surface area contributed by atoms with E-state index in [2.05, 4.69) is 175 Å². The van der Waals surface area contributed by atoms with Crippen LogP contribution in [0, 0.1) is 0 Å². The Hall–Kier alpha value is -5.08. The Kier molecular flexibility index (Phi) is 10.2. The second-order valence-electron chi connectivity index (χ2n) is 10.2. The van der Waals surface area contributed by atoms with Gasteiger partial charge in [0.2, 0.25) is 0 Å². The van der Waals surface area contributed by atoms with E-state index in [-0.39, 0.29) is 0 Å². The van der Waals surface area contributed by atoms with Gasteiger partial charge in [-0.25, -0.2) is 0 Å². The van der Waals surface area contributed by atoms with E-state index >= 15 is 0 Å². The molecule has 1 N–H and O–H groups in total. The number of allylic oxidation sites excluding steroid dienone is 2. The van der Waals surface area contributed by atoms with Crippen LogP contribution in [0.1, 0.15) is 42.0 Å². The van der Waals surface area contributed by atoms with Crippen molar-refractivity contribution in [1.29, 1.82) is 0 Å². The molecular formula is C40H38N2. The number of hydrogen-bond acceptors (Lipinski definition) is 2. The highest BCUT2D eigenvalue weighted by Crippen LogP contribution is 2.35. The number of nitrogens with one attached hydrogen (secondary N) is 1. The molecule has 0 fully saturated rings. The first kappa shape index (κ1) is 28.4. The first-order chi connectivity index (χ1) is 20.8. The molecule has 0 atom stereocenters. The van der Waals surface area contributed by atoms with Gasteiger partial charge < -0.3 is 10.2 Å². The summed E-state index contributed by atoms with van der Waals surface area (Å²) in [6.07, 6.45) is 15.1. The third kappa shape index (κ3) is 8.22. The van der Waals surface area contributed by atoms with Gasteiger partial charge in [-0.15, -0.1) is 0 Å². The summed E-state index contributed by atoms with van der Waals surface area (Å²) >= 11 is 0. The molecule has 0 bridgehead atoms. The van der Waals surface area contributed by atoms with Crippen molar-refractivity contribution in [2.24, 2.45) is 0 Å². The van der Waals surface area contributed by atoms with E-state index in [1.165, 1.54) is 29.5 Å². The van der Waals surface area contributed by atoms with Crippen LogP contribution in [0.15, 0.2) is 146 Å². The van der Waals surface area contributed by atoms with E-state index in [4.69, 9.17) is 0 Å². The molecule has 0 saturated heterocycles. The Morgan fingerprint density at radius 1 is 0.476 bits per heavy atom. The summed E-state index contributed by atoms with van der Waals surface area (Å²) in [7, 11) is 0. The minimum Gasteiger partial charge on any atom is -0.385 e. The Bertz CT molecular complexity index is 1580. The van der Waals surface area contributed by atoms with Crippen molar-refractivity contribution in [3.05, 3.63) is 168 Å². The molecule has 2 nitrogen and oxygen atoms in total. The highest BCUT2D eigenvalue weighted by Gasteiger charge is 2.12.